The molecular weight excluding hydrogens is 395 g/mol. The molecule has 1 aromatic heterocycles. The van der Waals surface area contributed by atoms with E-state index in [1.54, 1.807) is 18.2 Å². The van der Waals surface area contributed by atoms with E-state index in [0.29, 0.717) is 34.1 Å². The number of hydrogen-bond donors (Lipinski definition) is 1. The van der Waals surface area contributed by atoms with Gasteiger partial charge in [0.15, 0.2) is 16.6 Å². The molecule has 0 atom stereocenters. The third kappa shape index (κ3) is 3.35. The molecule has 132 valence electrons. The minimum absolute atomic E-state index is 0.229. The van der Waals surface area contributed by atoms with Crippen molar-refractivity contribution in [3.8, 4) is 22.8 Å². The van der Waals surface area contributed by atoms with Gasteiger partial charge in [0.2, 0.25) is 0 Å². The molecule has 1 amide bonds. The zero-order valence-corrected chi connectivity index (χ0v) is 15.6. The second-order valence-corrected chi connectivity index (χ2v) is 7.12. The maximum Gasteiger partial charge on any atom is 0.260 e. The summed E-state index contributed by atoms with van der Waals surface area (Å²) in [5.41, 5.74) is 1.83. The van der Waals surface area contributed by atoms with Crippen molar-refractivity contribution in [2.24, 2.45) is 0 Å². The summed E-state index contributed by atoms with van der Waals surface area (Å²) in [4.78, 5) is 16.9. The molecule has 0 fully saturated rings. The van der Waals surface area contributed by atoms with E-state index in [9.17, 15) is 4.79 Å². The Hall–Kier alpha value is -2.28. The molecule has 1 aliphatic heterocycles. The summed E-state index contributed by atoms with van der Waals surface area (Å²) in [6.07, 6.45) is 0. The number of carbonyl (C=O) groups excluding carboxylic acids is 1. The normalized spacial score (nSPS) is 12.7. The lowest BCUT2D eigenvalue weighted by Gasteiger charge is -2.18. The van der Waals surface area contributed by atoms with Gasteiger partial charge in [0.25, 0.3) is 5.91 Å². The van der Waals surface area contributed by atoms with Gasteiger partial charge in [-0.05, 0) is 30.3 Å². The molecule has 4 rings (SSSR count). The lowest BCUT2D eigenvalue weighted by atomic mass is 10.1. The van der Waals surface area contributed by atoms with Gasteiger partial charge in [-0.2, -0.15) is 0 Å². The number of rotatable bonds is 3. The van der Waals surface area contributed by atoms with E-state index in [2.05, 4.69) is 10.3 Å². The van der Waals surface area contributed by atoms with Gasteiger partial charge in [-0.15, -0.1) is 11.3 Å². The second-order valence-electron chi connectivity index (χ2n) is 5.45. The van der Waals surface area contributed by atoms with E-state index in [1.807, 2.05) is 23.6 Å². The van der Waals surface area contributed by atoms with Crippen molar-refractivity contribution in [1.82, 2.24) is 4.98 Å². The number of carbonyl (C=O) groups is 1. The van der Waals surface area contributed by atoms with Crippen LogP contribution in [0.2, 0.25) is 10.0 Å². The molecule has 1 N–H and O–H groups in total. The van der Waals surface area contributed by atoms with Crippen LogP contribution in [0.5, 0.6) is 11.5 Å². The average Bonchev–Trinajstić information content (AvgIpc) is 3.09. The molecular formula is C18H12Cl2N2O3S. The van der Waals surface area contributed by atoms with Crippen LogP contribution in [0.1, 0.15) is 10.4 Å². The molecule has 3 aromatic rings. The van der Waals surface area contributed by atoms with Crippen LogP contribution in [0.15, 0.2) is 41.8 Å². The van der Waals surface area contributed by atoms with Crippen molar-refractivity contribution in [3.63, 3.8) is 0 Å². The van der Waals surface area contributed by atoms with Crippen LogP contribution in [-0.4, -0.2) is 24.1 Å². The number of anilines is 1. The van der Waals surface area contributed by atoms with Gasteiger partial charge < -0.3 is 9.47 Å². The number of ether oxygens (including phenoxy) is 2. The maximum atomic E-state index is 12.4. The molecule has 26 heavy (non-hydrogen) atoms. The summed E-state index contributed by atoms with van der Waals surface area (Å²) < 4.78 is 11.1. The number of hydrogen-bond acceptors (Lipinski definition) is 5. The first kappa shape index (κ1) is 17.1. The third-order valence-electron chi connectivity index (χ3n) is 3.75. The predicted molar refractivity (Wildman–Crippen MR) is 103 cm³/mol. The van der Waals surface area contributed by atoms with Gasteiger partial charge in [-0.1, -0.05) is 29.3 Å². The summed E-state index contributed by atoms with van der Waals surface area (Å²) in [6, 6.07) is 10.5. The monoisotopic (exact) mass is 406 g/mol. The first-order valence-corrected chi connectivity index (χ1v) is 9.36. The predicted octanol–water partition coefficient (Wildman–Crippen LogP) is 5.14. The Bertz CT molecular complexity index is 970. The fourth-order valence-corrected chi connectivity index (χ4v) is 3.82. The minimum atomic E-state index is -0.399. The highest BCUT2D eigenvalue weighted by Crippen LogP contribution is 2.35. The molecule has 1 aliphatic rings. The SMILES string of the molecule is O=C(Nc1nc(-c2ccc3c(c2)OCCO3)cs1)c1c(Cl)cccc1Cl. The van der Waals surface area contributed by atoms with Crippen molar-refractivity contribution < 1.29 is 14.3 Å². The summed E-state index contributed by atoms with van der Waals surface area (Å²) >= 11 is 13.5. The fourth-order valence-electron chi connectivity index (χ4n) is 2.54. The molecule has 0 bridgehead atoms. The maximum absolute atomic E-state index is 12.4. The van der Waals surface area contributed by atoms with E-state index in [1.165, 1.54) is 11.3 Å². The molecule has 8 heteroatoms. The van der Waals surface area contributed by atoms with Crippen molar-refractivity contribution >= 4 is 45.6 Å². The first-order chi connectivity index (χ1) is 12.6. The number of nitrogens with zero attached hydrogens (tertiary/aromatic N) is 1. The largest absolute Gasteiger partial charge is 0.486 e. The molecule has 5 nitrogen and oxygen atoms in total. The van der Waals surface area contributed by atoms with Crippen molar-refractivity contribution in [2.45, 2.75) is 0 Å². The third-order valence-corrected chi connectivity index (χ3v) is 5.14. The van der Waals surface area contributed by atoms with Gasteiger partial charge in [0, 0.05) is 10.9 Å². The van der Waals surface area contributed by atoms with E-state index in [0.717, 1.165) is 17.0 Å². The lowest BCUT2D eigenvalue weighted by Crippen LogP contribution is -2.15. The fraction of sp³-hybridized carbons (Fsp3) is 0.111. The highest BCUT2D eigenvalue weighted by atomic mass is 35.5. The van der Waals surface area contributed by atoms with Crippen LogP contribution >= 0.6 is 34.5 Å². The van der Waals surface area contributed by atoms with Gasteiger partial charge in [0.1, 0.15) is 13.2 Å². The van der Waals surface area contributed by atoms with Crippen LogP contribution in [0.25, 0.3) is 11.3 Å². The van der Waals surface area contributed by atoms with Gasteiger partial charge in [0.05, 0.1) is 21.3 Å². The molecule has 0 unspecified atom stereocenters. The van der Waals surface area contributed by atoms with E-state index in [4.69, 9.17) is 32.7 Å². The van der Waals surface area contributed by atoms with Crippen molar-refractivity contribution in [2.75, 3.05) is 18.5 Å². The molecule has 2 heterocycles. The topological polar surface area (TPSA) is 60.5 Å². The number of nitrogens with one attached hydrogen (secondary N) is 1. The Kier molecular flexibility index (Phi) is 4.72. The molecule has 0 radical (unpaired) electrons. The molecule has 2 aromatic carbocycles. The van der Waals surface area contributed by atoms with Crippen molar-refractivity contribution in [1.29, 1.82) is 0 Å². The molecule has 0 spiro atoms. The Morgan fingerprint density at radius 2 is 1.81 bits per heavy atom. The second kappa shape index (κ2) is 7.15. The standard InChI is InChI=1S/C18H12Cl2N2O3S/c19-11-2-1-3-12(20)16(11)17(23)22-18-21-13(9-26-18)10-4-5-14-15(8-10)25-7-6-24-14/h1-5,8-9H,6-7H2,(H,21,22,23). The number of amides is 1. The first-order valence-electron chi connectivity index (χ1n) is 7.73. The van der Waals surface area contributed by atoms with Crippen molar-refractivity contribution in [3.05, 3.63) is 57.4 Å². The van der Waals surface area contributed by atoms with E-state index in [-0.39, 0.29) is 5.56 Å². The van der Waals surface area contributed by atoms with E-state index < -0.39 is 5.91 Å². The lowest BCUT2D eigenvalue weighted by molar-refractivity contribution is 0.102. The quantitative estimate of drug-likeness (QED) is 0.653. The summed E-state index contributed by atoms with van der Waals surface area (Å²) in [5.74, 6) is 1.01. The summed E-state index contributed by atoms with van der Waals surface area (Å²) in [5, 5.41) is 5.63. The highest BCUT2D eigenvalue weighted by Gasteiger charge is 2.17. The minimum Gasteiger partial charge on any atom is -0.486 e. The zero-order valence-electron chi connectivity index (χ0n) is 13.3. The summed E-state index contributed by atoms with van der Waals surface area (Å²) in [7, 11) is 0. The highest BCUT2D eigenvalue weighted by molar-refractivity contribution is 7.14. The number of aromatic nitrogens is 1. The van der Waals surface area contributed by atoms with Crippen LogP contribution in [0, 0.1) is 0 Å². The smallest absolute Gasteiger partial charge is 0.260 e. The zero-order chi connectivity index (χ0) is 18.1. The van der Waals surface area contributed by atoms with Crippen LogP contribution in [0.4, 0.5) is 5.13 Å². The number of fused-ring (bicyclic) bond motifs is 1. The number of benzene rings is 2. The molecule has 0 saturated carbocycles. The van der Waals surface area contributed by atoms with Crippen LogP contribution in [-0.2, 0) is 0 Å². The Labute approximate surface area is 163 Å². The van der Waals surface area contributed by atoms with Crippen LogP contribution < -0.4 is 14.8 Å². The number of thiazole rings is 1. The molecule has 0 saturated heterocycles. The Morgan fingerprint density at radius 1 is 1.08 bits per heavy atom. The van der Waals surface area contributed by atoms with Gasteiger partial charge in [-0.3, -0.25) is 10.1 Å². The summed E-state index contributed by atoms with van der Waals surface area (Å²) in [6.45, 7) is 1.07. The van der Waals surface area contributed by atoms with E-state index >= 15 is 0 Å². The van der Waals surface area contributed by atoms with Gasteiger partial charge in [-0.25, -0.2) is 4.98 Å². The van der Waals surface area contributed by atoms with Gasteiger partial charge >= 0.3 is 0 Å². The van der Waals surface area contributed by atoms with Crippen LogP contribution in [0.3, 0.4) is 0 Å². The Balaban J connectivity index is 1.56. The number of halogens is 2. The average molecular weight is 407 g/mol. The Morgan fingerprint density at radius 3 is 2.58 bits per heavy atom. The molecule has 0 aliphatic carbocycles.